The summed E-state index contributed by atoms with van der Waals surface area (Å²) in [6.45, 7) is 0. The second-order valence-electron chi connectivity index (χ2n) is 12.4. The average molecular weight is 647 g/mol. The Balaban J connectivity index is 1.13. The molecule has 0 bridgehead atoms. The number of benzene rings is 4. The van der Waals surface area contributed by atoms with Crippen LogP contribution in [0.15, 0.2) is 107 Å². The Labute approximate surface area is 277 Å². The maximum atomic E-state index is 13.7. The highest BCUT2D eigenvalue weighted by molar-refractivity contribution is 7.91. The van der Waals surface area contributed by atoms with E-state index >= 15 is 0 Å². The van der Waals surface area contributed by atoms with Gasteiger partial charge in [-0.1, -0.05) is 54.7 Å². The lowest BCUT2D eigenvalue weighted by Gasteiger charge is -2.26. The van der Waals surface area contributed by atoms with Crippen LogP contribution in [0.3, 0.4) is 0 Å². The third-order valence-electron chi connectivity index (χ3n) is 8.67. The standard InChI is InChI=1S/C40H38O6S/c41-39(24-5-1-6-25-39)28-22-31-14-16-34(17-15-31)46-37-12-3-4-13-38(37)47(43,44)36-20-18-33(19-21-36)45-35-11-9-10-32(30-35)23-29-40(42)26-7-2-8-27-40/h3-4,9-21,30,41-42H,1-2,5-8,24-27H2. The number of ether oxygens (including phenoxy) is 2. The van der Waals surface area contributed by atoms with Crippen LogP contribution in [0.25, 0.3) is 0 Å². The van der Waals surface area contributed by atoms with E-state index in [4.69, 9.17) is 9.47 Å². The van der Waals surface area contributed by atoms with Gasteiger partial charge in [0.2, 0.25) is 9.84 Å². The van der Waals surface area contributed by atoms with E-state index in [0.29, 0.717) is 42.9 Å². The summed E-state index contributed by atoms with van der Waals surface area (Å²) in [6, 6.07) is 27.2. The molecule has 0 heterocycles. The molecule has 6 rings (SSSR count). The summed E-state index contributed by atoms with van der Waals surface area (Å²) in [7, 11) is -3.92. The topological polar surface area (TPSA) is 93.1 Å². The third-order valence-corrected chi connectivity index (χ3v) is 10.5. The molecule has 0 spiro atoms. The van der Waals surface area contributed by atoms with Gasteiger partial charge in [-0.3, -0.25) is 0 Å². The maximum Gasteiger partial charge on any atom is 0.210 e. The molecule has 0 aliphatic heterocycles. The van der Waals surface area contributed by atoms with Crippen molar-refractivity contribution < 1.29 is 28.1 Å². The Kier molecular flexibility index (Phi) is 9.71. The Morgan fingerprint density at radius 2 is 1.11 bits per heavy atom. The molecule has 2 N–H and O–H groups in total. The predicted molar refractivity (Wildman–Crippen MR) is 181 cm³/mol. The normalized spacial score (nSPS) is 16.9. The van der Waals surface area contributed by atoms with E-state index in [2.05, 4.69) is 23.7 Å². The van der Waals surface area contributed by atoms with Crippen molar-refractivity contribution in [3.05, 3.63) is 108 Å². The zero-order chi connectivity index (χ0) is 32.7. The molecular formula is C40H38O6S. The number of sulfone groups is 1. The van der Waals surface area contributed by atoms with Gasteiger partial charge in [0.25, 0.3) is 0 Å². The fourth-order valence-electron chi connectivity index (χ4n) is 5.98. The molecule has 7 heteroatoms. The van der Waals surface area contributed by atoms with Crippen molar-refractivity contribution in [2.45, 2.75) is 85.2 Å². The van der Waals surface area contributed by atoms with Crippen LogP contribution in [0.1, 0.15) is 75.3 Å². The van der Waals surface area contributed by atoms with Crippen LogP contribution in [0, 0.1) is 23.7 Å². The van der Waals surface area contributed by atoms with Crippen LogP contribution in [0.2, 0.25) is 0 Å². The molecule has 4 aromatic rings. The molecule has 6 nitrogen and oxygen atoms in total. The van der Waals surface area contributed by atoms with E-state index in [1.54, 1.807) is 66.7 Å². The Morgan fingerprint density at radius 3 is 1.74 bits per heavy atom. The first-order valence-corrected chi connectivity index (χ1v) is 17.7. The van der Waals surface area contributed by atoms with E-state index < -0.39 is 21.0 Å². The summed E-state index contributed by atoms with van der Waals surface area (Å²) in [6.07, 6.45) is 8.96. The number of hydrogen-bond donors (Lipinski definition) is 2. The third kappa shape index (κ3) is 8.25. The molecule has 0 radical (unpaired) electrons. The van der Waals surface area contributed by atoms with E-state index in [-0.39, 0.29) is 15.5 Å². The van der Waals surface area contributed by atoms with Gasteiger partial charge in [-0.25, -0.2) is 8.42 Å². The van der Waals surface area contributed by atoms with Crippen LogP contribution < -0.4 is 9.47 Å². The van der Waals surface area contributed by atoms with Crippen molar-refractivity contribution in [3.63, 3.8) is 0 Å². The van der Waals surface area contributed by atoms with Gasteiger partial charge in [-0.2, -0.15) is 0 Å². The zero-order valence-corrected chi connectivity index (χ0v) is 27.1. The second-order valence-corrected chi connectivity index (χ2v) is 14.3. The second kappa shape index (κ2) is 14.1. The Morgan fingerprint density at radius 1 is 0.553 bits per heavy atom. The van der Waals surface area contributed by atoms with Crippen LogP contribution in [-0.4, -0.2) is 29.8 Å². The van der Waals surface area contributed by atoms with Crippen molar-refractivity contribution in [2.75, 3.05) is 0 Å². The van der Waals surface area contributed by atoms with Gasteiger partial charge in [0, 0.05) is 11.1 Å². The first-order chi connectivity index (χ1) is 22.7. The smallest absolute Gasteiger partial charge is 0.210 e. The van der Waals surface area contributed by atoms with Crippen LogP contribution in [0.4, 0.5) is 0 Å². The van der Waals surface area contributed by atoms with Gasteiger partial charge in [0.15, 0.2) is 0 Å². The maximum absolute atomic E-state index is 13.7. The molecule has 47 heavy (non-hydrogen) atoms. The summed E-state index contributed by atoms with van der Waals surface area (Å²) >= 11 is 0. The summed E-state index contributed by atoms with van der Waals surface area (Å²) in [5.41, 5.74) is -0.377. The minimum absolute atomic E-state index is 0.0444. The summed E-state index contributed by atoms with van der Waals surface area (Å²) in [4.78, 5) is 0.149. The lowest BCUT2D eigenvalue weighted by Crippen LogP contribution is -2.29. The molecule has 2 aliphatic rings. The molecule has 2 fully saturated rings. The summed E-state index contributed by atoms with van der Waals surface area (Å²) < 4.78 is 39.5. The lowest BCUT2D eigenvalue weighted by molar-refractivity contribution is 0.0606. The van der Waals surface area contributed by atoms with E-state index in [9.17, 15) is 18.6 Å². The van der Waals surface area contributed by atoms with Crippen molar-refractivity contribution in [3.8, 4) is 46.7 Å². The van der Waals surface area contributed by atoms with Crippen LogP contribution in [-0.2, 0) is 9.84 Å². The fraction of sp³-hybridized carbons (Fsp3) is 0.300. The number of para-hydroxylation sites is 1. The number of hydrogen-bond acceptors (Lipinski definition) is 6. The molecule has 0 aromatic heterocycles. The van der Waals surface area contributed by atoms with Gasteiger partial charge in [0.05, 0.1) is 4.90 Å². The van der Waals surface area contributed by atoms with E-state index in [1.807, 2.05) is 12.1 Å². The monoisotopic (exact) mass is 646 g/mol. The first-order valence-electron chi connectivity index (χ1n) is 16.2. The minimum atomic E-state index is -3.92. The predicted octanol–water partition coefficient (Wildman–Crippen LogP) is 8.20. The Bertz CT molecular complexity index is 1930. The van der Waals surface area contributed by atoms with Gasteiger partial charge >= 0.3 is 0 Å². The van der Waals surface area contributed by atoms with Crippen molar-refractivity contribution in [1.29, 1.82) is 0 Å². The first kappa shape index (κ1) is 32.4. The molecule has 240 valence electrons. The molecule has 2 saturated carbocycles. The van der Waals surface area contributed by atoms with Crippen LogP contribution >= 0.6 is 0 Å². The SMILES string of the molecule is O=S(=O)(c1ccc(Oc2cccc(C#CC3(O)CCCCC3)c2)cc1)c1ccccc1Oc1ccc(C#CC2(O)CCCCC2)cc1. The van der Waals surface area contributed by atoms with Gasteiger partial charge < -0.3 is 19.7 Å². The van der Waals surface area contributed by atoms with Gasteiger partial charge in [-0.05, 0) is 130 Å². The highest BCUT2D eigenvalue weighted by Crippen LogP contribution is 2.34. The quantitative estimate of drug-likeness (QED) is 0.205. The minimum Gasteiger partial charge on any atom is -0.457 e. The molecule has 2 aliphatic carbocycles. The molecule has 0 unspecified atom stereocenters. The van der Waals surface area contributed by atoms with Gasteiger partial charge in [0.1, 0.15) is 39.1 Å². The summed E-state index contributed by atoms with van der Waals surface area (Å²) in [5, 5.41) is 21.4. The summed E-state index contributed by atoms with van der Waals surface area (Å²) in [5.74, 6) is 13.9. The number of rotatable bonds is 6. The van der Waals surface area contributed by atoms with Crippen molar-refractivity contribution in [2.24, 2.45) is 0 Å². The molecular weight excluding hydrogens is 609 g/mol. The van der Waals surface area contributed by atoms with Crippen molar-refractivity contribution >= 4 is 9.84 Å². The molecule has 0 saturated heterocycles. The highest BCUT2D eigenvalue weighted by atomic mass is 32.2. The van der Waals surface area contributed by atoms with Crippen LogP contribution in [0.5, 0.6) is 23.0 Å². The molecule has 0 amide bonds. The fourth-order valence-corrected chi connectivity index (χ4v) is 7.36. The van der Waals surface area contributed by atoms with E-state index in [1.165, 1.54) is 18.2 Å². The number of aliphatic hydroxyl groups is 2. The zero-order valence-electron chi connectivity index (χ0n) is 26.2. The highest BCUT2D eigenvalue weighted by Gasteiger charge is 2.27. The molecule has 0 atom stereocenters. The van der Waals surface area contributed by atoms with E-state index in [0.717, 1.165) is 49.7 Å². The Hall–Kier alpha value is -4.53. The van der Waals surface area contributed by atoms with Gasteiger partial charge in [-0.15, -0.1) is 0 Å². The molecule has 4 aromatic carbocycles. The largest absolute Gasteiger partial charge is 0.457 e. The lowest BCUT2D eigenvalue weighted by atomic mass is 9.85. The van der Waals surface area contributed by atoms with Crippen molar-refractivity contribution in [1.82, 2.24) is 0 Å². The average Bonchev–Trinajstić information content (AvgIpc) is 3.08.